The number of nitrogens with zero attached hydrogens (tertiary/aromatic N) is 2. The molecule has 136 valence electrons. The molecule has 0 bridgehead atoms. The predicted octanol–water partition coefficient (Wildman–Crippen LogP) is 4.17. The van der Waals surface area contributed by atoms with Crippen LogP contribution >= 0.6 is 23.2 Å². The molecule has 1 heterocycles. The molecule has 25 heavy (non-hydrogen) atoms. The van der Waals surface area contributed by atoms with E-state index in [1.54, 1.807) is 25.1 Å². The summed E-state index contributed by atoms with van der Waals surface area (Å²) in [6.45, 7) is 1.69. The summed E-state index contributed by atoms with van der Waals surface area (Å²) in [5, 5.41) is 7.13. The molecular formula is C16H17Cl2F2N3O2. The topological polar surface area (TPSA) is 56.1 Å². The monoisotopic (exact) mass is 391 g/mol. The van der Waals surface area contributed by atoms with Crippen LogP contribution in [-0.2, 0) is 11.8 Å². The molecule has 1 amide bonds. The van der Waals surface area contributed by atoms with Crippen LogP contribution in [0.1, 0.15) is 41.1 Å². The van der Waals surface area contributed by atoms with E-state index >= 15 is 0 Å². The third-order valence-corrected chi connectivity index (χ3v) is 4.21. The Morgan fingerprint density at radius 1 is 1.36 bits per heavy atom. The van der Waals surface area contributed by atoms with Crippen LogP contribution in [0.4, 0.5) is 8.78 Å². The molecule has 0 radical (unpaired) electrons. The number of alkyl halides is 2. The molecule has 0 fully saturated rings. The number of aromatic nitrogens is 2. The Morgan fingerprint density at radius 2 is 2.04 bits per heavy atom. The summed E-state index contributed by atoms with van der Waals surface area (Å²) in [4.78, 5) is 12.4. The molecule has 0 spiro atoms. The number of hydrogen-bond donors (Lipinski definition) is 1. The van der Waals surface area contributed by atoms with Crippen LogP contribution in [-0.4, -0.2) is 28.8 Å². The Bertz CT molecular complexity index is 768. The molecule has 0 unspecified atom stereocenters. The van der Waals surface area contributed by atoms with Crippen molar-refractivity contribution in [3.8, 4) is 0 Å². The van der Waals surface area contributed by atoms with Gasteiger partial charge >= 0.3 is 0 Å². The van der Waals surface area contributed by atoms with E-state index in [2.05, 4.69) is 10.4 Å². The van der Waals surface area contributed by atoms with E-state index in [0.29, 0.717) is 15.6 Å². The molecule has 9 heteroatoms. The molecule has 0 saturated heterocycles. The fourth-order valence-corrected chi connectivity index (χ4v) is 3.05. The fraction of sp³-hybridized carbons (Fsp3) is 0.375. The van der Waals surface area contributed by atoms with Gasteiger partial charge in [-0.15, -0.1) is 0 Å². The van der Waals surface area contributed by atoms with Gasteiger partial charge in [0.05, 0.1) is 11.6 Å². The van der Waals surface area contributed by atoms with Crippen molar-refractivity contribution in [3.63, 3.8) is 0 Å². The van der Waals surface area contributed by atoms with Crippen molar-refractivity contribution in [1.82, 2.24) is 15.1 Å². The van der Waals surface area contributed by atoms with Gasteiger partial charge in [-0.1, -0.05) is 29.3 Å². The molecule has 2 rings (SSSR count). The average Bonchev–Trinajstić information content (AvgIpc) is 2.92. The fourth-order valence-electron chi connectivity index (χ4n) is 2.53. The number of carbonyl (C=O) groups excluding carboxylic acids is 1. The van der Waals surface area contributed by atoms with E-state index in [9.17, 15) is 13.6 Å². The number of benzene rings is 1. The molecule has 0 aliphatic rings. The zero-order valence-corrected chi connectivity index (χ0v) is 15.3. The highest BCUT2D eigenvalue weighted by Gasteiger charge is 2.27. The third-order valence-electron chi connectivity index (χ3n) is 3.64. The van der Waals surface area contributed by atoms with E-state index in [-0.39, 0.29) is 5.56 Å². The maximum atomic E-state index is 13.0. The zero-order chi connectivity index (χ0) is 18.7. The van der Waals surface area contributed by atoms with Gasteiger partial charge in [0.25, 0.3) is 12.3 Å². The number of ether oxygens (including phenoxy) is 1. The minimum atomic E-state index is -2.85. The van der Waals surface area contributed by atoms with Gasteiger partial charge in [-0.05, 0) is 19.1 Å². The number of amides is 1. The number of carbonyl (C=O) groups is 1. The number of halogens is 4. The van der Waals surface area contributed by atoms with Gasteiger partial charge in [0.2, 0.25) is 0 Å². The minimum absolute atomic E-state index is 0.179. The van der Waals surface area contributed by atoms with Crippen molar-refractivity contribution >= 4 is 29.1 Å². The van der Waals surface area contributed by atoms with Crippen molar-refractivity contribution < 1.29 is 18.3 Å². The van der Waals surface area contributed by atoms with Gasteiger partial charge in [0.1, 0.15) is 11.8 Å². The number of methoxy groups -OCH3 is 1. The average molecular weight is 392 g/mol. The number of nitrogens with one attached hydrogen (secondary N) is 1. The van der Waals surface area contributed by atoms with Crippen molar-refractivity contribution in [3.05, 3.63) is 51.3 Å². The number of hydrogen-bond acceptors (Lipinski definition) is 3. The Kier molecular flexibility index (Phi) is 6.37. The Hall–Kier alpha value is -1.70. The van der Waals surface area contributed by atoms with Gasteiger partial charge in [-0.2, -0.15) is 5.10 Å². The highest BCUT2D eigenvalue weighted by molar-refractivity contribution is 6.35. The molecule has 5 nitrogen and oxygen atoms in total. The van der Waals surface area contributed by atoms with Crippen LogP contribution < -0.4 is 5.32 Å². The lowest BCUT2D eigenvalue weighted by molar-refractivity contribution is 0.0641. The standard InChI is InChI=1S/C16H17Cl2F2N3O2/c1-8(14(25-3)10-5-4-9(17)6-12(10)18)21-16(24)11-7-23(2)22-13(11)15(19)20/h4-8,14-15H,1-3H3,(H,21,24)/t8-,14-/m0/s1. The van der Waals surface area contributed by atoms with Crippen molar-refractivity contribution in [2.24, 2.45) is 7.05 Å². The maximum absolute atomic E-state index is 13.0. The summed E-state index contributed by atoms with van der Waals surface area (Å²) in [6, 6.07) is 4.37. The van der Waals surface area contributed by atoms with E-state index in [1.165, 1.54) is 25.0 Å². The van der Waals surface area contributed by atoms with Gasteiger partial charge in [-0.25, -0.2) is 8.78 Å². The summed E-state index contributed by atoms with van der Waals surface area (Å²) >= 11 is 12.1. The van der Waals surface area contributed by atoms with Gasteiger partial charge in [-0.3, -0.25) is 9.48 Å². The SMILES string of the molecule is CO[C@H](c1ccc(Cl)cc1Cl)[C@H](C)NC(=O)c1cn(C)nc1C(F)F. The summed E-state index contributed by atoms with van der Waals surface area (Å²) in [5.41, 5.74) is -0.117. The van der Waals surface area contributed by atoms with Gasteiger partial charge in [0, 0.05) is 36.0 Å². The normalized spacial score (nSPS) is 13.8. The first kappa shape index (κ1) is 19.6. The quantitative estimate of drug-likeness (QED) is 0.803. The van der Waals surface area contributed by atoms with Crippen molar-refractivity contribution in [2.45, 2.75) is 25.5 Å². The molecular weight excluding hydrogens is 375 g/mol. The van der Waals surface area contributed by atoms with Crippen LogP contribution in [0.2, 0.25) is 10.0 Å². The summed E-state index contributed by atoms with van der Waals surface area (Å²) in [6.07, 6.45) is -2.18. The second-order valence-corrected chi connectivity index (χ2v) is 6.33. The first-order valence-electron chi connectivity index (χ1n) is 7.34. The zero-order valence-electron chi connectivity index (χ0n) is 13.8. The summed E-state index contributed by atoms with van der Waals surface area (Å²) in [5.74, 6) is -0.664. The van der Waals surface area contributed by atoms with E-state index in [4.69, 9.17) is 27.9 Å². The van der Waals surface area contributed by atoms with Crippen LogP contribution in [0.3, 0.4) is 0 Å². The minimum Gasteiger partial charge on any atom is -0.375 e. The lowest BCUT2D eigenvalue weighted by Crippen LogP contribution is -2.38. The van der Waals surface area contributed by atoms with Crippen LogP contribution in [0.25, 0.3) is 0 Å². The molecule has 2 aromatic rings. The van der Waals surface area contributed by atoms with Gasteiger partial charge < -0.3 is 10.1 Å². The Balaban J connectivity index is 2.22. The number of aryl methyl sites for hydroxylation is 1. The van der Waals surface area contributed by atoms with E-state index in [0.717, 1.165) is 0 Å². The smallest absolute Gasteiger partial charge is 0.282 e. The predicted molar refractivity (Wildman–Crippen MR) is 91.3 cm³/mol. The lowest BCUT2D eigenvalue weighted by Gasteiger charge is -2.25. The molecule has 1 aromatic heterocycles. The molecule has 0 aliphatic heterocycles. The second kappa shape index (κ2) is 8.12. The Labute approximate surface area is 153 Å². The number of rotatable bonds is 6. The first-order valence-corrected chi connectivity index (χ1v) is 8.10. The van der Waals surface area contributed by atoms with Crippen molar-refractivity contribution in [2.75, 3.05) is 7.11 Å². The highest BCUT2D eigenvalue weighted by atomic mass is 35.5. The lowest BCUT2D eigenvalue weighted by atomic mass is 10.0. The Morgan fingerprint density at radius 3 is 2.60 bits per heavy atom. The molecule has 0 saturated carbocycles. The summed E-state index contributed by atoms with van der Waals surface area (Å²) < 4.78 is 32.6. The first-order chi connectivity index (χ1) is 11.7. The summed E-state index contributed by atoms with van der Waals surface area (Å²) in [7, 11) is 2.93. The second-order valence-electron chi connectivity index (χ2n) is 5.49. The highest BCUT2D eigenvalue weighted by Crippen LogP contribution is 2.30. The van der Waals surface area contributed by atoms with Crippen LogP contribution in [0.15, 0.2) is 24.4 Å². The largest absolute Gasteiger partial charge is 0.375 e. The molecule has 2 atom stereocenters. The van der Waals surface area contributed by atoms with Crippen LogP contribution in [0.5, 0.6) is 0 Å². The molecule has 0 aliphatic carbocycles. The third kappa shape index (κ3) is 4.48. The van der Waals surface area contributed by atoms with Crippen molar-refractivity contribution in [1.29, 1.82) is 0 Å². The van der Waals surface area contributed by atoms with E-state index in [1.807, 2.05) is 0 Å². The van der Waals surface area contributed by atoms with Gasteiger partial charge in [0.15, 0.2) is 0 Å². The molecule has 1 aromatic carbocycles. The van der Waals surface area contributed by atoms with Crippen LogP contribution in [0, 0.1) is 0 Å². The van der Waals surface area contributed by atoms with E-state index < -0.39 is 30.2 Å². The molecule has 1 N–H and O–H groups in total. The maximum Gasteiger partial charge on any atom is 0.282 e.